The summed E-state index contributed by atoms with van der Waals surface area (Å²) in [6, 6.07) is 15.7. The molecule has 0 fully saturated rings. The van der Waals surface area contributed by atoms with Gasteiger partial charge in [0, 0.05) is 37.6 Å². The van der Waals surface area contributed by atoms with E-state index < -0.39 is 5.91 Å². The van der Waals surface area contributed by atoms with Gasteiger partial charge in [-0.25, -0.2) is 4.98 Å². The molecule has 0 radical (unpaired) electrons. The number of nitrogens with zero attached hydrogens (tertiary/aromatic N) is 2. The molecule has 2 amide bonds. The van der Waals surface area contributed by atoms with Gasteiger partial charge >= 0.3 is 0 Å². The number of benzene rings is 2. The molecule has 3 rings (SSSR count). The maximum absolute atomic E-state index is 12.6. The molecule has 2 N–H and O–H groups in total. The van der Waals surface area contributed by atoms with Crippen LogP contribution in [0.4, 0.5) is 5.69 Å². The number of anilines is 1. The maximum Gasteiger partial charge on any atom is 0.272 e. The third kappa shape index (κ3) is 5.04. The number of imidazole rings is 1. The van der Waals surface area contributed by atoms with Gasteiger partial charge in [0.2, 0.25) is 11.7 Å². The molecule has 1 heterocycles. The van der Waals surface area contributed by atoms with E-state index in [4.69, 9.17) is 0 Å². The predicted octanol–water partition coefficient (Wildman–Crippen LogP) is 2.77. The van der Waals surface area contributed by atoms with E-state index in [-0.39, 0.29) is 17.4 Å². The number of carbonyl (C=O) groups excluding carboxylic acids is 3. The zero-order valence-electron chi connectivity index (χ0n) is 16.0. The zero-order chi connectivity index (χ0) is 20.8. The van der Waals surface area contributed by atoms with Crippen molar-refractivity contribution in [2.45, 2.75) is 6.92 Å². The quantitative estimate of drug-likeness (QED) is 0.502. The summed E-state index contributed by atoms with van der Waals surface area (Å²) in [5.41, 5.74) is 1.86. The molecule has 0 atom stereocenters. The number of aryl methyl sites for hydroxylation is 1. The highest BCUT2D eigenvalue weighted by Crippen LogP contribution is 2.14. The zero-order valence-corrected chi connectivity index (χ0v) is 16.0. The summed E-state index contributed by atoms with van der Waals surface area (Å²) in [7, 11) is 1.75. The summed E-state index contributed by atoms with van der Waals surface area (Å²) >= 11 is 0. The Balaban J connectivity index is 1.76. The molecule has 0 bridgehead atoms. The Hall–Kier alpha value is -4.00. The van der Waals surface area contributed by atoms with Crippen LogP contribution in [0.25, 0.3) is 6.08 Å². The van der Waals surface area contributed by atoms with Crippen molar-refractivity contribution in [1.29, 1.82) is 0 Å². The minimum absolute atomic E-state index is 0.122. The van der Waals surface area contributed by atoms with Crippen molar-refractivity contribution in [3.05, 3.63) is 89.6 Å². The lowest BCUT2D eigenvalue weighted by Crippen LogP contribution is -2.28. The van der Waals surface area contributed by atoms with E-state index in [1.54, 1.807) is 54.3 Å². The Kier molecular flexibility index (Phi) is 5.99. The average molecular weight is 388 g/mol. The lowest BCUT2D eigenvalue weighted by atomic mass is 10.1. The normalized spacial score (nSPS) is 11.0. The highest BCUT2D eigenvalue weighted by atomic mass is 16.2. The van der Waals surface area contributed by atoms with Crippen LogP contribution in [0.2, 0.25) is 0 Å². The third-order valence-electron chi connectivity index (χ3n) is 4.10. The summed E-state index contributed by atoms with van der Waals surface area (Å²) in [5.74, 6) is -0.690. The van der Waals surface area contributed by atoms with Crippen molar-refractivity contribution in [2.24, 2.45) is 7.05 Å². The van der Waals surface area contributed by atoms with Gasteiger partial charge in [0.1, 0.15) is 5.70 Å². The molecule has 7 heteroatoms. The molecule has 7 nitrogen and oxygen atoms in total. The van der Waals surface area contributed by atoms with Crippen LogP contribution < -0.4 is 10.6 Å². The van der Waals surface area contributed by atoms with Crippen molar-refractivity contribution in [1.82, 2.24) is 14.9 Å². The van der Waals surface area contributed by atoms with Gasteiger partial charge in [0.05, 0.1) is 0 Å². The first-order valence-electron chi connectivity index (χ1n) is 8.92. The number of aromatic nitrogens is 2. The van der Waals surface area contributed by atoms with Gasteiger partial charge in [-0.05, 0) is 35.9 Å². The van der Waals surface area contributed by atoms with Crippen molar-refractivity contribution < 1.29 is 14.4 Å². The van der Waals surface area contributed by atoms with Gasteiger partial charge < -0.3 is 15.2 Å². The Bertz CT molecular complexity index is 1070. The second-order valence-electron chi connectivity index (χ2n) is 6.37. The second-order valence-corrected chi connectivity index (χ2v) is 6.37. The summed E-state index contributed by atoms with van der Waals surface area (Å²) in [4.78, 5) is 40.6. The van der Waals surface area contributed by atoms with E-state index >= 15 is 0 Å². The number of amides is 2. The van der Waals surface area contributed by atoms with E-state index in [2.05, 4.69) is 15.6 Å². The smallest absolute Gasteiger partial charge is 0.272 e. The fourth-order valence-corrected chi connectivity index (χ4v) is 2.68. The number of rotatable bonds is 6. The second kappa shape index (κ2) is 8.79. The van der Waals surface area contributed by atoms with E-state index in [1.807, 2.05) is 30.3 Å². The minimum atomic E-state index is -0.466. The Labute approximate surface area is 168 Å². The molecule has 146 valence electrons. The molecule has 0 aliphatic heterocycles. The van der Waals surface area contributed by atoms with Crippen LogP contribution in [-0.2, 0) is 16.6 Å². The van der Waals surface area contributed by atoms with Crippen molar-refractivity contribution >= 4 is 29.4 Å². The number of carbonyl (C=O) groups is 3. The van der Waals surface area contributed by atoms with Crippen molar-refractivity contribution in [2.75, 3.05) is 5.32 Å². The minimum Gasteiger partial charge on any atom is -0.331 e. The van der Waals surface area contributed by atoms with Crippen LogP contribution in [-0.4, -0.2) is 27.1 Å². The molecule has 0 aliphatic carbocycles. The first-order valence-corrected chi connectivity index (χ1v) is 8.92. The van der Waals surface area contributed by atoms with Crippen LogP contribution >= 0.6 is 0 Å². The summed E-state index contributed by atoms with van der Waals surface area (Å²) < 4.78 is 1.64. The number of hydrogen-bond donors (Lipinski definition) is 2. The monoisotopic (exact) mass is 388 g/mol. The SMILES string of the molecule is CC(=O)N/C(=C\c1ccccc1)C(=O)Nc1ccc(C(=O)c2nccn2C)cc1. The Morgan fingerprint density at radius 2 is 1.69 bits per heavy atom. The van der Waals surface area contributed by atoms with Crippen LogP contribution in [0.3, 0.4) is 0 Å². The first kappa shape index (κ1) is 19.8. The number of nitrogens with one attached hydrogen (secondary N) is 2. The largest absolute Gasteiger partial charge is 0.331 e. The molecule has 0 spiro atoms. The molecule has 1 aromatic heterocycles. The summed E-state index contributed by atoms with van der Waals surface area (Å²) in [6.45, 7) is 1.34. The lowest BCUT2D eigenvalue weighted by Gasteiger charge is -2.10. The van der Waals surface area contributed by atoms with Crippen molar-refractivity contribution in [3.8, 4) is 0 Å². The molecule has 0 aliphatic rings. The van der Waals surface area contributed by atoms with Gasteiger partial charge in [-0.3, -0.25) is 14.4 Å². The van der Waals surface area contributed by atoms with E-state index in [1.165, 1.54) is 6.92 Å². The summed E-state index contributed by atoms with van der Waals surface area (Å²) in [6.07, 6.45) is 4.85. The molecule has 0 saturated carbocycles. The molecule has 3 aromatic rings. The van der Waals surface area contributed by atoms with Crippen LogP contribution in [0.5, 0.6) is 0 Å². The first-order chi connectivity index (χ1) is 13.9. The van der Waals surface area contributed by atoms with Crippen LogP contribution in [0, 0.1) is 0 Å². The van der Waals surface area contributed by atoms with Crippen LogP contribution in [0.15, 0.2) is 72.7 Å². The van der Waals surface area contributed by atoms with E-state index in [9.17, 15) is 14.4 Å². The van der Waals surface area contributed by atoms with Crippen molar-refractivity contribution in [3.63, 3.8) is 0 Å². The average Bonchev–Trinajstić information content (AvgIpc) is 3.14. The van der Waals surface area contributed by atoms with E-state index in [0.29, 0.717) is 17.1 Å². The standard InChI is InChI=1S/C22H20N4O3/c1-15(27)24-19(14-16-6-4-3-5-7-16)22(29)25-18-10-8-17(9-11-18)20(28)21-23-12-13-26(21)2/h3-14H,1-2H3,(H,24,27)(H,25,29)/b19-14-. The topological polar surface area (TPSA) is 93.1 Å². The molecule has 29 heavy (non-hydrogen) atoms. The Morgan fingerprint density at radius 1 is 1.00 bits per heavy atom. The summed E-state index contributed by atoms with van der Waals surface area (Å²) in [5, 5.41) is 5.27. The number of hydrogen-bond acceptors (Lipinski definition) is 4. The highest BCUT2D eigenvalue weighted by molar-refractivity contribution is 6.09. The number of ketones is 1. The fraction of sp³-hybridized carbons (Fsp3) is 0.0909. The lowest BCUT2D eigenvalue weighted by molar-refractivity contribution is -0.120. The van der Waals surface area contributed by atoms with Gasteiger partial charge in [-0.2, -0.15) is 0 Å². The molecular weight excluding hydrogens is 368 g/mol. The molecule has 2 aromatic carbocycles. The molecular formula is C22H20N4O3. The fourth-order valence-electron chi connectivity index (χ4n) is 2.68. The maximum atomic E-state index is 12.6. The van der Waals surface area contributed by atoms with Crippen LogP contribution in [0.1, 0.15) is 28.7 Å². The van der Waals surface area contributed by atoms with Gasteiger partial charge in [0.15, 0.2) is 5.82 Å². The van der Waals surface area contributed by atoms with E-state index in [0.717, 1.165) is 5.56 Å². The Morgan fingerprint density at radius 3 is 2.28 bits per heavy atom. The molecule has 0 saturated heterocycles. The third-order valence-corrected chi connectivity index (χ3v) is 4.10. The molecule has 0 unspecified atom stereocenters. The van der Waals surface area contributed by atoms with Gasteiger partial charge in [-0.1, -0.05) is 30.3 Å². The predicted molar refractivity (Wildman–Crippen MR) is 110 cm³/mol. The highest BCUT2D eigenvalue weighted by Gasteiger charge is 2.15. The van der Waals surface area contributed by atoms with Gasteiger partial charge in [0.25, 0.3) is 5.91 Å². The van der Waals surface area contributed by atoms with Gasteiger partial charge in [-0.15, -0.1) is 0 Å².